The fourth-order valence-corrected chi connectivity index (χ4v) is 2.56. The third-order valence-corrected chi connectivity index (χ3v) is 3.75. The van der Waals surface area contributed by atoms with Crippen LogP contribution in [0.1, 0.15) is 6.42 Å². The number of likely N-dealkylation sites (tertiary alicyclic amines) is 1. The smallest absolute Gasteiger partial charge is 0.260 e. The molecular weight excluding hydrogens is 297 g/mol. The number of rotatable bonds is 5. The van der Waals surface area contributed by atoms with E-state index in [-0.39, 0.29) is 24.4 Å². The van der Waals surface area contributed by atoms with Crippen molar-refractivity contribution in [2.24, 2.45) is 0 Å². The number of hydrogen-bond acceptors (Lipinski definition) is 4. The Morgan fingerprint density at radius 3 is 2.91 bits per heavy atom. The lowest BCUT2D eigenvalue weighted by Crippen LogP contribution is -2.35. The number of benzene rings is 1. The lowest BCUT2D eigenvalue weighted by atomic mass is 10.2. The van der Waals surface area contributed by atoms with E-state index < -0.39 is 0 Å². The molecule has 1 aliphatic heterocycles. The topological polar surface area (TPSA) is 54.5 Å². The van der Waals surface area contributed by atoms with Crippen molar-refractivity contribution in [3.05, 3.63) is 54.6 Å². The van der Waals surface area contributed by atoms with Gasteiger partial charge >= 0.3 is 0 Å². The minimum Gasteiger partial charge on any atom is -0.484 e. The second-order valence-electron chi connectivity index (χ2n) is 5.45. The zero-order chi connectivity index (χ0) is 16.1. The van der Waals surface area contributed by atoms with Crippen molar-refractivity contribution in [3.8, 4) is 5.75 Å². The van der Waals surface area contributed by atoms with Gasteiger partial charge in [-0.15, -0.1) is 0 Å². The number of halogens is 1. The Morgan fingerprint density at radius 2 is 2.17 bits per heavy atom. The maximum atomic E-state index is 12.8. The van der Waals surface area contributed by atoms with Gasteiger partial charge in [-0.25, -0.2) is 4.39 Å². The largest absolute Gasteiger partial charge is 0.484 e. The molecule has 1 amide bonds. The average Bonchev–Trinajstić information content (AvgIpc) is 3.03. The Kier molecular flexibility index (Phi) is 4.71. The van der Waals surface area contributed by atoms with E-state index in [1.807, 2.05) is 12.1 Å². The zero-order valence-electron chi connectivity index (χ0n) is 12.6. The van der Waals surface area contributed by atoms with Crippen molar-refractivity contribution in [1.82, 2.24) is 9.88 Å². The zero-order valence-corrected chi connectivity index (χ0v) is 12.6. The van der Waals surface area contributed by atoms with E-state index in [0.717, 1.165) is 12.1 Å². The van der Waals surface area contributed by atoms with Gasteiger partial charge in [-0.1, -0.05) is 0 Å². The van der Waals surface area contributed by atoms with E-state index >= 15 is 0 Å². The lowest BCUT2D eigenvalue weighted by Gasteiger charge is -2.18. The molecule has 0 bridgehead atoms. The molecule has 23 heavy (non-hydrogen) atoms. The Morgan fingerprint density at radius 1 is 1.35 bits per heavy atom. The van der Waals surface area contributed by atoms with Gasteiger partial charge in [0.2, 0.25) is 0 Å². The minimum absolute atomic E-state index is 0.0365. The summed E-state index contributed by atoms with van der Waals surface area (Å²) < 4.78 is 18.2. The predicted molar refractivity (Wildman–Crippen MR) is 84.7 cm³/mol. The molecule has 6 heteroatoms. The molecule has 1 aliphatic rings. The van der Waals surface area contributed by atoms with Crippen LogP contribution < -0.4 is 10.1 Å². The van der Waals surface area contributed by atoms with Crippen LogP contribution in [0.2, 0.25) is 0 Å². The van der Waals surface area contributed by atoms with E-state index in [4.69, 9.17) is 4.74 Å². The minimum atomic E-state index is -0.326. The van der Waals surface area contributed by atoms with Crippen molar-refractivity contribution >= 4 is 11.6 Å². The van der Waals surface area contributed by atoms with E-state index in [1.165, 1.54) is 24.3 Å². The molecule has 3 rings (SSSR count). The van der Waals surface area contributed by atoms with E-state index in [0.29, 0.717) is 18.8 Å². The van der Waals surface area contributed by atoms with Crippen LogP contribution in [0.5, 0.6) is 5.75 Å². The molecule has 2 aromatic rings. The van der Waals surface area contributed by atoms with Gasteiger partial charge in [0.05, 0.1) is 5.69 Å². The monoisotopic (exact) mass is 315 g/mol. The van der Waals surface area contributed by atoms with Gasteiger partial charge < -0.3 is 15.0 Å². The standard InChI is InChI=1S/C17H18FN3O2/c18-13-3-5-16(6-4-13)23-12-17(22)21-9-7-15(11-21)20-14-2-1-8-19-10-14/h1-6,8,10,15,20H,7,9,11-12H2/t15-/m0/s1. The maximum Gasteiger partial charge on any atom is 0.260 e. The fourth-order valence-electron chi connectivity index (χ4n) is 2.56. The molecule has 0 unspecified atom stereocenters. The highest BCUT2D eigenvalue weighted by atomic mass is 19.1. The first-order valence-electron chi connectivity index (χ1n) is 7.53. The number of aromatic nitrogens is 1. The highest BCUT2D eigenvalue weighted by Gasteiger charge is 2.26. The summed E-state index contributed by atoms with van der Waals surface area (Å²) in [5, 5.41) is 3.37. The van der Waals surface area contributed by atoms with Gasteiger partial charge in [0.1, 0.15) is 11.6 Å². The average molecular weight is 315 g/mol. The van der Waals surface area contributed by atoms with E-state index in [2.05, 4.69) is 10.3 Å². The van der Waals surface area contributed by atoms with Crippen LogP contribution in [0.3, 0.4) is 0 Å². The Hall–Kier alpha value is -2.63. The van der Waals surface area contributed by atoms with Crippen molar-refractivity contribution in [1.29, 1.82) is 0 Å². The predicted octanol–water partition coefficient (Wildman–Crippen LogP) is 2.31. The van der Waals surface area contributed by atoms with Crippen LogP contribution in [0.4, 0.5) is 10.1 Å². The first kappa shape index (κ1) is 15.3. The first-order valence-corrected chi connectivity index (χ1v) is 7.53. The molecule has 5 nitrogen and oxygen atoms in total. The van der Waals surface area contributed by atoms with Gasteiger partial charge in [-0.3, -0.25) is 9.78 Å². The van der Waals surface area contributed by atoms with Crippen LogP contribution in [0, 0.1) is 5.82 Å². The van der Waals surface area contributed by atoms with Gasteiger partial charge in [0.15, 0.2) is 6.61 Å². The third-order valence-electron chi connectivity index (χ3n) is 3.75. The third kappa shape index (κ3) is 4.18. The number of anilines is 1. The van der Waals surface area contributed by atoms with Crippen molar-refractivity contribution < 1.29 is 13.9 Å². The molecule has 1 fully saturated rings. The Balaban J connectivity index is 1.46. The summed E-state index contributed by atoms with van der Waals surface area (Å²) in [6, 6.07) is 9.69. The summed E-state index contributed by atoms with van der Waals surface area (Å²) in [6.45, 7) is 1.30. The SMILES string of the molecule is O=C(COc1ccc(F)cc1)N1CC[C@H](Nc2cccnc2)C1. The molecule has 120 valence electrons. The fraction of sp³-hybridized carbons (Fsp3) is 0.294. The van der Waals surface area contributed by atoms with Crippen LogP contribution in [0.25, 0.3) is 0 Å². The molecule has 1 saturated heterocycles. The van der Waals surface area contributed by atoms with Crippen molar-refractivity contribution in [2.75, 3.05) is 25.0 Å². The van der Waals surface area contributed by atoms with Gasteiger partial charge in [-0.05, 0) is 42.8 Å². The number of nitrogens with one attached hydrogen (secondary N) is 1. The molecule has 0 spiro atoms. The Bertz CT molecular complexity index is 649. The van der Waals surface area contributed by atoms with Gasteiger partial charge in [0, 0.05) is 31.5 Å². The first-order chi connectivity index (χ1) is 11.2. The van der Waals surface area contributed by atoms with Crippen LogP contribution in [-0.2, 0) is 4.79 Å². The summed E-state index contributed by atoms with van der Waals surface area (Å²) in [5.41, 5.74) is 0.953. The van der Waals surface area contributed by atoms with Crippen molar-refractivity contribution in [2.45, 2.75) is 12.5 Å². The van der Waals surface area contributed by atoms with Crippen LogP contribution in [-0.4, -0.2) is 41.5 Å². The number of amides is 1. The highest BCUT2D eigenvalue weighted by molar-refractivity contribution is 5.78. The normalized spacial score (nSPS) is 17.1. The molecule has 1 N–H and O–H groups in total. The number of hydrogen-bond donors (Lipinski definition) is 1. The summed E-state index contributed by atoms with van der Waals surface area (Å²) in [4.78, 5) is 18.0. The second-order valence-corrected chi connectivity index (χ2v) is 5.45. The number of nitrogens with zero attached hydrogens (tertiary/aromatic N) is 2. The van der Waals surface area contributed by atoms with Crippen LogP contribution in [0.15, 0.2) is 48.8 Å². The number of carbonyl (C=O) groups is 1. The van der Waals surface area contributed by atoms with Gasteiger partial charge in [0.25, 0.3) is 5.91 Å². The summed E-state index contributed by atoms with van der Waals surface area (Å²) >= 11 is 0. The molecule has 0 radical (unpaired) electrons. The molecule has 1 aromatic heterocycles. The highest BCUT2D eigenvalue weighted by Crippen LogP contribution is 2.16. The van der Waals surface area contributed by atoms with E-state index in [1.54, 1.807) is 17.3 Å². The molecule has 0 aliphatic carbocycles. The quantitative estimate of drug-likeness (QED) is 0.920. The number of carbonyl (C=O) groups excluding carboxylic acids is 1. The van der Waals surface area contributed by atoms with Gasteiger partial charge in [-0.2, -0.15) is 0 Å². The Labute approximate surface area is 134 Å². The summed E-state index contributed by atoms with van der Waals surface area (Å²) in [7, 11) is 0. The maximum absolute atomic E-state index is 12.8. The number of pyridine rings is 1. The molecule has 1 atom stereocenters. The molecule has 0 saturated carbocycles. The summed E-state index contributed by atoms with van der Waals surface area (Å²) in [6.07, 6.45) is 4.38. The molecule has 1 aromatic carbocycles. The molecular formula is C17H18FN3O2. The lowest BCUT2D eigenvalue weighted by molar-refractivity contribution is -0.132. The van der Waals surface area contributed by atoms with Crippen LogP contribution >= 0.6 is 0 Å². The van der Waals surface area contributed by atoms with E-state index in [9.17, 15) is 9.18 Å². The summed E-state index contributed by atoms with van der Waals surface area (Å²) in [5.74, 6) is 0.0985. The molecule has 2 heterocycles. The number of ether oxygens (including phenoxy) is 1. The van der Waals surface area contributed by atoms with Crippen molar-refractivity contribution in [3.63, 3.8) is 0 Å². The second kappa shape index (κ2) is 7.09.